The lowest BCUT2D eigenvalue weighted by molar-refractivity contribution is -0.384. The Morgan fingerprint density at radius 2 is 1.78 bits per heavy atom. The molecule has 1 aromatic heterocycles. The first-order valence-electron chi connectivity index (χ1n) is 5.44. The van der Waals surface area contributed by atoms with Gasteiger partial charge >= 0.3 is 0 Å². The minimum atomic E-state index is -0.401. The highest BCUT2D eigenvalue weighted by atomic mass is 16.6. The van der Waals surface area contributed by atoms with Crippen molar-refractivity contribution in [1.29, 1.82) is 0 Å². The zero-order valence-electron chi connectivity index (χ0n) is 9.35. The third-order valence-electron chi connectivity index (χ3n) is 2.74. The molecule has 88 valence electrons. The van der Waals surface area contributed by atoms with Crippen LogP contribution in [0.5, 0.6) is 0 Å². The van der Waals surface area contributed by atoms with E-state index in [9.17, 15) is 10.1 Å². The van der Waals surface area contributed by atoms with Gasteiger partial charge in [-0.3, -0.25) is 10.1 Å². The number of nitro groups is 1. The Kier molecular flexibility index (Phi) is 2.30. The molecule has 0 N–H and O–H groups in total. The van der Waals surface area contributed by atoms with Gasteiger partial charge in [-0.05, 0) is 12.1 Å². The first-order chi connectivity index (χ1) is 8.75. The van der Waals surface area contributed by atoms with Crippen LogP contribution in [0, 0.1) is 10.1 Å². The fourth-order valence-corrected chi connectivity index (χ4v) is 1.90. The van der Waals surface area contributed by atoms with Crippen LogP contribution < -0.4 is 0 Å². The van der Waals surface area contributed by atoms with Crippen LogP contribution in [0.15, 0.2) is 54.7 Å². The minimum absolute atomic E-state index is 0.0466. The van der Waals surface area contributed by atoms with Gasteiger partial charge in [-0.25, -0.2) is 4.68 Å². The van der Waals surface area contributed by atoms with Gasteiger partial charge in [0.1, 0.15) is 5.69 Å². The van der Waals surface area contributed by atoms with Crippen molar-refractivity contribution in [1.82, 2.24) is 9.78 Å². The molecule has 0 unspecified atom stereocenters. The van der Waals surface area contributed by atoms with Crippen molar-refractivity contribution in [2.45, 2.75) is 0 Å². The van der Waals surface area contributed by atoms with Gasteiger partial charge in [0.15, 0.2) is 0 Å². The van der Waals surface area contributed by atoms with Gasteiger partial charge in [0.2, 0.25) is 0 Å². The van der Waals surface area contributed by atoms with Gasteiger partial charge in [-0.2, -0.15) is 5.10 Å². The highest BCUT2D eigenvalue weighted by molar-refractivity contribution is 5.78. The predicted octanol–water partition coefficient (Wildman–Crippen LogP) is 2.93. The van der Waals surface area contributed by atoms with Gasteiger partial charge in [0.05, 0.1) is 10.4 Å². The number of fused-ring (bicyclic) bond motifs is 1. The molecule has 0 radical (unpaired) electrons. The second kappa shape index (κ2) is 3.96. The molecule has 1 heterocycles. The van der Waals surface area contributed by atoms with Crippen molar-refractivity contribution in [2.24, 2.45) is 0 Å². The number of nitrogens with zero attached hydrogens (tertiary/aromatic N) is 3. The summed E-state index contributed by atoms with van der Waals surface area (Å²) in [5, 5.41) is 16.3. The van der Waals surface area contributed by atoms with E-state index in [0.717, 1.165) is 10.9 Å². The molecule has 0 atom stereocenters. The molecule has 18 heavy (non-hydrogen) atoms. The van der Waals surface area contributed by atoms with Crippen molar-refractivity contribution in [3.63, 3.8) is 0 Å². The first-order valence-corrected chi connectivity index (χ1v) is 5.44. The third-order valence-corrected chi connectivity index (χ3v) is 2.74. The van der Waals surface area contributed by atoms with E-state index in [1.54, 1.807) is 29.1 Å². The van der Waals surface area contributed by atoms with Gasteiger partial charge in [-0.15, -0.1) is 0 Å². The maximum Gasteiger partial charge on any atom is 0.294 e. The molecule has 0 spiro atoms. The molecular weight excluding hydrogens is 230 g/mol. The predicted molar refractivity (Wildman–Crippen MR) is 67.7 cm³/mol. The first kappa shape index (κ1) is 10.5. The number of nitro benzene ring substituents is 1. The molecule has 0 saturated heterocycles. The molecule has 0 amide bonds. The summed E-state index contributed by atoms with van der Waals surface area (Å²) in [5.41, 5.74) is 1.33. The van der Waals surface area contributed by atoms with Crippen LogP contribution in [0.3, 0.4) is 0 Å². The number of benzene rings is 2. The van der Waals surface area contributed by atoms with E-state index in [1.807, 2.05) is 24.3 Å². The number of para-hydroxylation sites is 2. The van der Waals surface area contributed by atoms with Crippen LogP contribution in [-0.4, -0.2) is 14.7 Å². The number of aromatic nitrogens is 2. The van der Waals surface area contributed by atoms with Crippen LogP contribution >= 0.6 is 0 Å². The van der Waals surface area contributed by atoms with Crippen LogP contribution in [-0.2, 0) is 0 Å². The van der Waals surface area contributed by atoms with E-state index < -0.39 is 4.92 Å². The summed E-state index contributed by atoms with van der Waals surface area (Å²) >= 11 is 0. The van der Waals surface area contributed by atoms with Crippen molar-refractivity contribution in [3.05, 3.63) is 64.8 Å². The fourth-order valence-electron chi connectivity index (χ4n) is 1.90. The monoisotopic (exact) mass is 239 g/mol. The van der Waals surface area contributed by atoms with Gasteiger partial charge in [-0.1, -0.05) is 30.3 Å². The van der Waals surface area contributed by atoms with Crippen LogP contribution in [0.2, 0.25) is 0 Å². The topological polar surface area (TPSA) is 61.0 Å². The lowest BCUT2D eigenvalue weighted by atomic mass is 10.2. The van der Waals surface area contributed by atoms with E-state index in [2.05, 4.69) is 5.10 Å². The molecule has 0 aliphatic carbocycles. The lowest BCUT2D eigenvalue weighted by Gasteiger charge is -2.01. The Morgan fingerprint density at radius 1 is 1.06 bits per heavy atom. The molecule has 5 heteroatoms. The lowest BCUT2D eigenvalue weighted by Crippen LogP contribution is -1.99. The highest BCUT2D eigenvalue weighted by Crippen LogP contribution is 2.23. The molecule has 3 aromatic rings. The second-order valence-corrected chi connectivity index (χ2v) is 3.88. The molecule has 0 saturated carbocycles. The molecule has 0 fully saturated rings. The largest absolute Gasteiger partial charge is 0.294 e. The van der Waals surface area contributed by atoms with Gasteiger partial charge in [0.25, 0.3) is 5.69 Å². The van der Waals surface area contributed by atoms with E-state index >= 15 is 0 Å². The second-order valence-electron chi connectivity index (χ2n) is 3.88. The zero-order chi connectivity index (χ0) is 12.5. The molecule has 0 aliphatic rings. The molecular formula is C13H9N3O2. The Hall–Kier alpha value is -2.69. The average Bonchev–Trinajstić information content (AvgIpc) is 2.82. The van der Waals surface area contributed by atoms with Crippen molar-refractivity contribution in [2.75, 3.05) is 0 Å². The zero-order valence-corrected chi connectivity index (χ0v) is 9.35. The Morgan fingerprint density at radius 3 is 2.56 bits per heavy atom. The Balaban J connectivity index is 2.23. The van der Waals surface area contributed by atoms with E-state index in [-0.39, 0.29) is 5.69 Å². The molecule has 3 rings (SSSR count). The maximum atomic E-state index is 11.0. The minimum Gasteiger partial charge on any atom is -0.258 e. The van der Waals surface area contributed by atoms with Gasteiger partial charge < -0.3 is 0 Å². The molecule has 0 aliphatic heterocycles. The average molecular weight is 239 g/mol. The Labute approximate surface area is 102 Å². The normalized spacial score (nSPS) is 10.7. The Bertz CT molecular complexity index is 701. The number of hydrogen-bond acceptors (Lipinski definition) is 3. The maximum absolute atomic E-state index is 11.0. The fraction of sp³-hybridized carbons (Fsp3) is 0. The standard InChI is InChI=1S/C13H9N3O2/c17-16(18)13-8-4-3-7-12(13)15-9-10-5-1-2-6-11(10)14-15/h1-9H. The van der Waals surface area contributed by atoms with Crippen LogP contribution in [0.1, 0.15) is 0 Å². The van der Waals surface area contributed by atoms with E-state index in [4.69, 9.17) is 0 Å². The highest BCUT2D eigenvalue weighted by Gasteiger charge is 2.15. The van der Waals surface area contributed by atoms with Gasteiger partial charge in [0, 0.05) is 17.6 Å². The summed E-state index contributed by atoms with van der Waals surface area (Å²) < 4.78 is 1.54. The summed E-state index contributed by atoms with van der Waals surface area (Å²) in [5.74, 6) is 0. The van der Waals surface area contributed by atoms with E-state index in [0.29, 0.717) is 5.69 Å². The summed E-state index contributed by atoms with van der Waals surface area (Å²) in [7, 11) is 0. The molecule has 0 bridgehead atoms. The smallest absolute Gasteiger partial charge is 0.258 e. The van der Waals surface area contributed by atoms with Crippen molar-refractivity contribution in [3.8, 4) is 5.69 Å². The summed E-state index contributed by atoms with van der Waals surface area (Å²) in [4.78, 5) is 10.6. The van der Waals surface area contributed by atoms with Crippen molar-refractivity contribution >= 4 is 16.6 Å². The quantitative estimate of drug-likeness (QED) is 0.510. The van der Waals surface area contributed by atoms with Crippen molar-refractivity contribution < 1.29 is 4.92 Å². The SMILES string of the molecule is O=[N+]([O-])c1ccccc1-n1cc2ccccc2n1. The van der Waals surface area contributed by atoms with E-state index in [1.165, 1.54) is 6.07 Å². The van der Waals surface area contributed by atoms with Crippen LogP contribution in [0.4, 0.5) is 5.69 Å². The summed E-state index contributed by atoms with van der Waals surface area (Å²) in [6, 6.07) is 14.2. The number of rotatable bonds is 2. The summed E-state index contributed by atoms with van der Waals surface area (Å²) in [6.07, 6.45) is 1.79. The van der Waals surface area contributed by atoms with Crippen LogP contribution in [0.25, 0.3) is 16.6 Å². The molecule has 5 nitrogen and oxygen atoms in total. The number of hydrogen-bond donors (Lipinski definition) is 0. The third kappa shape index (κ3) is 1.62. The molecule has 2 aromatic carbocycles. The summed E-state index contributed by atoms with van der Waals surface area (Å²) in [6.45, 7) is 0.